The molecule has 0 bridgehead atoms. The van der Waals surface area contributed by atoms with Gasteiger partial charge in [-0.2, -0.15) is 0 Å². The molecule has 0 fully saturated rings. The quantitative estimate of drug-likeness (QED) is 0.764. The SMILES string of the molecule is Cn1ccnc1Cn1cncc1-c1cnccc1N. The zero-order chi connectivity index (χ0) is 13.2. The van der Waals surface area contributed by atoms with Gasteiger partial charge in [0.05, 0.1) is 24.8 Å². The maximum absolute atomic E-state index is 5.98. The average molecular weight is 254 g/mol. The van der Waals surface area contributed by atoms with Crippen molar-refractivity contribution in [1.29, 1.82) is 0 Å². The highest BCUT2D eigenvalue weighted by molar-refractivity contribution is 5.72. The van der Waals surface area contributed by atoms with Gasteiger partial charge in [-0.1, -0.05) is 0 Å². The summed E-state index contributed by atoms with van der Waals surface area (Å²) in [7, 11) is 1.97. The fourth-order valence-electron chi connectivity index (χ4n) is 1.99. The van der Waals surface area contributed by atoms with Crippen LogP contribution in [0, 0.1) is 0 Å². The lowest BCUT2D eigenvalue weighted by molar-refractivity contribution is 0.703. The molecule has 96 valence electrons. The van der Waals surface area contributed by atoms with Crippen molar-refractivity contribution in [3.8, 4) is 11.3 Å². The molecule has 0 saturated heterocycles. The maximum atomic E-state index is 5.98. The minimum absolute atomic E-state index is 0.646. The molecule has 19 heavy (non-hydrogen) atoms. The second-order valence-electron chi connectivity index (χ2n) is 4.32. The number of nitrogens with two attached hydrogens (primary N) is 1. The molecular weight excluding hydrogens is 240 g/mol. The van der Waals surface area contributed by atoms with Crippen LogP contribution < -0.4 is 5.73 Å². The zero-order valence-electron chi connectivity index (χ0n) is 10.6. The topological polar surface area (TPSA) is 74.5 Å². The van der Waals surface area contributed by atoms with Crippen LogP contribution in [0.3, 0.4) is 0 Å². The van der Waals surface area contributed by atoms with Crippen molar-refractivity contribution in [2.45, 2.75) is 6.54 Å². The molecule has 3 aromatic rings. The first-order valence-electron chi connectivity index (χ1n) is 5.92. The Hall–Kier alpha value is -2.63. The summed E-state index contributed by atoms with van der Waals surface area (Å²) in [6, 6.07) is 1.79. The average Bonchev–Trinajstić information content (AvgIpc) is 3.01. The van der Waals surface area contributed by atoms with E-state index in [4.69, 9.17) is 5.73 Å². The van der Waals surface area contributed by atoms with E-state index in [-0.39, 0.29) is 0 Å². The Bertz CT molecular complexity index is 696. The number of hydrogen-bond donors (Lipinski definition) is 1. The van der Waals surface area contributed by atoms with Gasteiger partial charge in [-0.25, -0.2) is 9.97 Å². The molecule has 0 aliphatic heterocycles. The zero-order valence-corrected chi connectivity index (χ0v) is 10.6. The summed E-state index contributed by atoms with van der Waals surface area (Å²) in [5, 5.41) is 0. The summed E-state index contributed by atoms with van der Waals surface area (Å²) < 4.78 is 3.99. The number of nitrogens with zero attached hydrogens (tertiary/aromatic N) is 5. The molecule has 3 heterocycles. The number of hydrogen-bond acceptors (Lipinski definition) is 4. The number of anilines is 1. The first kappa shape index (κ1) is 11.5. The molecule has 3 aromatic heterocycles. The van der Waals surface area contributed by atoms with Crippen LogP contribution in [0.2, 0.25) is 0 Å². The molecule has 0 saturated carbocycles. The van der Waals surface area contributed by atoms with Gasteiger partial charge in [0, 0.05) is 43.1 Å². The molecule has 2 N–H and O–H groups in total. The Morgan fingerprint density at radius 2 is 2.11 bits per heavy atom. The fraction of sp³-hybridized carbons (Fsp3) is 0.154. The van der Waals surface area contributed by atoms with Gasteiger partial charge in [0.25, 0.3) is 0 Å². The van der Waals surface area contributed by atoms with Crippen LogP contribution in [0.25, 0.3) is 11.3 Å². The first-order chi connectivity index (χ1) is 9.25. The van der Waals surface area contributed by atoms with Crippen molar-refractivity contribution in [2.75, 3.05) is 5.73 Å². The third-order valence-corrected chi connectivity index (χ3v) is 3.08. The second-order valence-corrected chi connectivity index (χ2v) is 4.32. The van der Waals surface area contributed by atoms with E-state index in [1.807, 2.05) is 22.4 Å². The predicted molar refractivity (Wildman–Crippen MR) is 72.2 cm³/mol. The third kappa shape index (κ3) is 2.08. The number of imidazole rings is 2. The van der Waals surface area contributed by atoms with E-state index >= 15 is 0 Å². The van der Waals surface area contributed by atoms with Crippen molar-refractivity contribution >= 4 is 5.69 Å². The number of nitrogen functional groups attached to an aromatic ring is 1. The van der Waals surface area contributed by atoms with Crippen LogP contribution in [-0.2, 0) is 13.6 Å². The Morgan fingerprint density at radius 1 is 1.21 bits per heavy atom. The van der Waals surface area contributed by atoms with Gasteiger partial charge in [-0.15, -0.1) is 0 Å². The van der Waals surface area contributed by atoms with Crippen LogP contribution >= 0.6 is 0 Å². The largest absolute Gasteiger partial charge is 0.398 e. The molecule has 6 heteroatoms. The lowest BCUT2D eigenvalue weighted by Gasteiger charge is -2.09. The molecule has 6 nitrogen and oxygen atoms in total. The van der Waals surface area contributed by atoms with Crippen molar-refractivity contribution in [2.24, 2.45) is 7.05 Å². The standard InChI is InChI=1S/C13H14N6/c1-18-5-4-17-13(18)8-19-9-16-7-12(19)10-6-15-3-2-11(10)14/h2-7,9H,8H2,1H3,(H2,14,15). The van der Waals surface area contributed by atoms with Gasteiger partial charge < -0.3 is 14.9 Å². The molecule has 0 amide bonds. The molecule has 3 rings (SSSR count). The van der Waals surface area contributed by atoms with Crippen LogP contribution in [0.5, 0.6) is 0 Å². The molecule has 0 unspecified atom stereocenters. The molecule has 0 aromatic carbocycles. The van der Waals surface area contributed by atoms with Gasteiger partial charge >= 0.3 is 0 Å². The van der Waals surface area contributed by atoms with Crippen molar-refractivity contribution in [3.63, 3.8) is 0 Å². The Balaban J connectivity index is 2.00. The normalized spacial score (nSPS) is 10.8. The van der Waals surface area contributed by atoms with E-state index in [0.717, 1.165) is 17.1 Å². The molecule has 0 radical (unpaired) electrons. The van der Waals surface area contributed by atoms with Crippen LogP contribution in [0.1, 0.15) is 5.82 Å². The van der Waals surface area contributed by atoms with Gasteiger partial charge in [-0.3, -0.25) is 4.98 Å². The van der Waals surface area contributed by atoms with E-state index in [0.29, 0.717) is 12.2 Å². The summed E-state index contributed by atoms with van der Waals surface area (Å²) in [6.45, 7) is 0.646. The number of pyridine rings is 1. The van der Waals surface area contributed by atoms with Gasteiger partial charge in [0.2, 0.25) is 0 Å². The summed E-state index contributed by atoms with van der Waals surface area (Å²) >= 11 is 0. The van der Waals surface area contributed by atoms with Gasteiger partial charge in [0.15, 0.2) is 0 Å². The second kappa shape index (κ2) is 4.56. The molecule has 0 atom stereocenters. The fourth-order valence-corrected chi connectivity index (χ4v) is 1.99. The minimum Gasteiger partial charge on any atom is -0.398 e. The summed E-state index contributed by atoms with van der Waals surface area (Å²) in [5.41, 5.74) is 8.50. The highest BCUT2D eigenvalue weighted by Gasteiger charge is 2.10. The monoisotopic (exact) mass is 254 g/mol. The highest BCUT2D eigenvalue weighted by Crippen LogP contribution is 2.24. The van der Waals surface area contributed by atoms with Crippen LogP contribution in [0.4, 0.5) is 5.69 Å². The van der Waals surface area contributed by atoms with E-state index in [9.17, 15) is 0 Å². The van der Waals surface area contributed by atoms with E-state index in [1.54, 1.807) is 37.2 Å². The lowest BCUT2D eigenvalue weighted by atomic mass is 10.2. The van der Waals surface area contributed by atoms with E-state index in [2.05, 4.69) is 15.0 Å². The number of aryl methyl sites for hydroxylation is 1. The molecular formula is C13H14N6. The van der Waals surface area contributed by atoms with Gasteiger partial charge in [0.1, 0.15) is 5.82 Å². The van der Waals surface area contributed by atoms with Crippen molar-refractivity contribution in [3.05, 3.63) is 49.2 Å². The van der Waals surface area contributed by atoms with E-state index < -0.39 is 0 Å². The highest BCUT2D eigenvalue weighted by atomic mass is 15.1. The smallest absolute Gasteiger partial charge is 0.128 e. The molecule has 0 aliphatic rings. The summed E-state index contributed by atoms with van der Waals surface area (Å²) in [5.74, 6) is 0.960. The van der Waals surface area contributed by atoms with Crippen LogP contribution in [-0.4, -0.2) is 24.1 Å². The van der Waals surface area contributed by atoms with Crippen molar-refractivity contribution < 1.29 is 0 Å². The molecule has 0 aliphatic carbocycles. The Morgan fingerprint density at radius 3 is 2.84 bits per heavy atom. The summed E-state index contributed by atoms with van der Waals surface area (Å²) in [4.78, 5) is 12.6. The van der Waals surface area contributed by atoms with Gasteiger partial charge in [-0.05, 0) is 6.07 Å². The Labute approximate surface area is 110 Å². The lowest BCUT2D eigenvalue weighted by Crippen LogP contribution is -2.06. The predicted octanol–water partition coefficient (Wildman–Crippen LogP) is 1.31. The van der Waals surface area contributed by atoms with Crippen LogP contribution in [0.15, 0.2) is 43.4 Å². The number of aromatic nitrogens is 5. The Kier molecular flexibility index (Phi) is 2.75. The first-order valence-corrected chi connectivity index (χ1v) is 5.92. The molecule has 0 spiro atoms. The minimum atomic E-state index is 0.646. The third-order valence-electron chi connectivity index (χ3n) is 3.08. The summed E-state index contributed by atoms with van der Waals surface area (Å²) in [6.07, 6.45) is 10.7. The van der Waals surface area contributed by atoms with Crippen molar-refractivity contribution in [1.82, 2.24) is 24.1 Å². The maximum Gasteiger partial charge on any atom is 0.128 e. The van der Waals surface area contributed by atoms with E-state index in [1.165, 1.54) is 0 Å². The number of rotatable bonds is 3.